The van der Waals surface area contributed by atoms with Crippen LogP contribution in [0, 0.1) is 23.4 Å². The van der Waals surface area contributed by atoms with Crippen molar-refractivity contribution in [1.82, 2.24) is 15.3 Å². The molecule has 0 aliphatic heterocycles. The van der Waals surface area contributed by atoms with Crippen LogP contribution in [-0.4, -0.2) is 38.7 Å². The summed E-state index contributed by atoms with van der Waals surface area (Å²) in [5.74, 6) is -3.99. The molecular weight excluding hydrogens is 587 g/mol. The fourth-order valence-electron chi connectivity index (χ4n) is 6.23. The van der Waals surface area contributed by atoms with Gasteiger partial charge in [0.25, 0.3) is 5.91 Å². The van der Waals surface area contributed by atoms with Gasteiger partial charge in [0.1, 0.15) is 22.9 Å². The number of pyridine rings is 2. The molecule has 0 radical (unpaired) electrons. The fourth-order valence-corrected chi connectivity index (χ4v) is 6.23. The number of hydrogen-bond acceptors (Lipinski definition) is 7. The lowest BCUT2D eigenvalue weighted by atomic mass is 9.75. The molecule has 2 aliphatic rings. The summed E-state index contributed by atoms with van der Waals surface area (Å²) in [6.07, 6.45) is 6.13. The van der Waals surface area contributed by atoms with E-state index in [0.29, 0.717) is 24.9 Å². The molecule has 1 aromatic carbocycles. The third-order valence-electron chi connectivity index (χ3n) is 8.42. The predicted octanol–water partition coefficient (Wildman–Crippen LogP) is 6.56. The summed E-state index contributed by atoms with van der Waals surface area (Å²) in [6.45, 7) is 7.46. The summed E-state index contributed by atoms with van der Waals surface area (Å²) < 4.78 is 50.9. The van der Waals surface area contributed by atoms with E-state index in [1.54, 1.807) is 33.0 Å². The topological polar surface area (TPSA) is 139 Å². The number of nitrogens with two attached hydrogens (primary N) is 1. The third-order valence-corrected chi connectivity index (χ3v) is 8.42. The van der Waals surface area contributed by atoms with Crippen molar-refractivity contribution in [1.29, 1.82) is 0 Å². The van der Waals surface area contributed by atoms with Crippen LogP contribution in [0.2, 0.25) is 0 Å². The summed E-state index contributed by atoms with van der Waals surface area (Å²) in [5, 5.41) is 16.2. The Bertz CT molecular complexity index is 1600. The highest BCUT2D eigenvalue weighted by Gasteiger charge is 2.38. The number of benzene rings is 1. The number of nitrogens with one attached hydrogen (secondary N) is 2. The fraction of sp³-hybridized carbons (Fsp3) is 0.455. The normalized spacial score (nSPS) is 21.0. The minimum Gasteiger partial charge on any atom is -0.444 e. The molecule has 0 bridgehead atoms. The van der Waals surface area contributed by atoms with Crippen LogP contribution in [0.15, 0.2) is 36.7 Å². The van der Waals surface area contributed by atoms with Gasteiger partial charge in [-0.15, -0.1) is 0 Å². The molecule has 0 spiro atoms. The first-order chi connectivity index (χ1) is 21.1. The molecule has 0 saturated heterocycles. The molecule has 12 heteroatoms. The van der Waals surface area contributed by atoms with Crippen LogP contribution >= 0.6 is 0 Å². The Hall–Kier alpha value is -4.19. The Labute approximate surface area is 259 Å². The van der Waals surface area contributed by atoms with E-state index in [0.717, 1.165) is 43.0 Å². The number of amides is 2. The van der Waals surface area contributed by atoms with Gasteiger partial charge in [-0.2, -0.15) is 0 Å². The lowest BCUT2D eigenvalue weighted by Gasteiger charge is -2.37. The van der Waals surface area contributed by atoms with Crippen LogP contribution in [0.5, 0.6) is 0 Å². The van der Waals surface area contributed by atoms with Crippen molar-refractivity contribution in [2.45, 2.75) is 89.4 Å². The van der Waals surface area contributed by atoms with Crippen molar-refractivity contribution in [3.63, 3.8) is 0 Å². The molecule has 5 rings (SSSR count). The Kier molecular flexibility index (Phi) is 8.81. The second kappa shape index (κ2) is 12.3. The maximum Gasteiger partial charge on any atom is 0.407 e. The monoisotopic (exact) mass is 625 g/mol. The molecule has 2 amide bonds. The van der Waals surface area contributed by atoms with Gasteiger partial charge in [0.05, 0.1) is 28.7 Å². The van der Waals surface area contributed by atoms with Crippen molar-refractivity contribution in [3.05, 3.63) is 70.9 Å². The number of nitrogen functional groups attached to an aromatic ring is 1. The van der Waals surface area contributed by atoms with Gasteiger partial charge in [-0.1, -0.05) is 6.92 Å². The summed E-state index contributed by atoms with van der Waals surface area (Å²) >= 11 is 0. The number of hydrogen-bond donors (Lipinski definition) is 4. The highest BCUT2D eigenvalue weighted by Crippen LogP contribution is 2.43. The van der Waals surface area contributed by atoms with Crippen LogP contribution in [0.1, 0.15) is 93.8 Å². The average Bonchev–Trinajstić information content (AvgIpc) is 2.91. The van der Waals surface area contributed by atoms with Gasteiger partial charge < -0.3 is 26.2 Å². The number of aromatic nitrogens is 2. The van der Waals surface area contributed by atoms with Crippen molar-refractivity contribution in [3.8, 4) is 11.3 Å². The predicted molar refractivity (Wildman–Crippen MR) is 163 cm³/mol. The number of ether oxygens (including phenoxy) is 1. The maximum absolute atomic E-state index is 15.2. The van der Waals surface area contributed by atoms with E-state index in [4.69, 9.17) is 10.5 Å². The highest BCUT2D eigenvalue weighted by molar-refractivity contribution is 6.07. The summed E-state index contributed by atoms with van der Waals surface area (Å²) in [6, 6.07) is 4.34. The first-order valence-corrected chi connectivity index (χ1v) is 15.1. The minimum atomic E-state index is -1.33. The summed E-state index contributed by atoms with van der Waals surface area (Å²) in [4.78, 5) is 34.0. The SMILES string of the molecule is C[C@@H]1C[C@H](NC(=O)OC(C)(C)C)C[C@H](c2ccncc2NC(=O)c2nc(-c3c(F)cc(C4(O)CCC4)cc3F)c(F)cc2N)C1. The molecule has 3 aromatic rings. The molecule has 9 nitrogen and oxygen atoms in total. The zero-order chi connectivity index (χ0) is 32.7. The molecule has 2 saturated carbocycles. The highest BCUT2D eigenvalue weighted by atomic mass is 19.1. The molecule has 240 valence electrons. The molecule has 5 N–H and O–H groups in total. The zero-order valence-electron chi connectivity index (χ0n) is 25.7. The first-order valence-electron chi connectivity index (χ1n) is 15.1. The first kappa shape index (κ1) is 32.2. The molecule has 2 fully saturated rings. The maximum atomic E-state index is 15.2. The summed E-state index contributed by atoms with van der Waals surface area (Å²) in [5.41, 5.74) is 2.94. The Balaban J connectivity index is 1.39. The van der Waals surface area contributed by atoms with Crippen molar-refractivity contribution in [2.75, 3.05) is 11.1 Å². The molecule has 2 heterocycles. The number of alkyl carbamates (subject to hydrolysis) is 1. The number of anilines is 2. The van der Waals surface area contributed by atoms with Gasteiger partial charge in [0.2, 0.25) is 0 Å². The standard InChI is InChI=1S/C33H38F3N5O4/c1-17-10-18(12-20(11-17)39-31(43)45-32(2,3)4)21-6-9-38-16-26(21)40-30(42)29-25(37)15-24(36)28(41-29)27-22(34)13-19(14-23(27)35)33(44)7-5-8-33/h6,9,13-18,20,44H,5,7-8,10-12,37H2,1-4H3,(H,39,43)(H,40,42)/t17-,18+,20-/m0/s1. The molecular formula is C33H38F3N5O4. The minimum absolute atomic E-state index is 0.0611. The molecule has 3 atom stereocenters. The lowest BCUT2D eigenvalue weighted by molar-refractivity contribution is -0.0392. The van der Waals surface area contributed by atoms with E-state index >= 15 is 13.2 Å². The van der Waals surface area contributed by atoms with Gasteiger partial charge >= 0.3 is 6.09 Å². The number of carbonyl (C=O) groups is 2. The van der Waals surface area contributed by atoms with Gasteiger partial charge in [-0.25, -0.2) is 22.9 Å². The lowest BCUT2D eigenvalue weighted by Crippen LogP contribution is -2.42. The number of halogens is 3. The van der Waals surface area contributed by atoms with Crippen molar-refractivity contribution >= 4 is 23.4 Å². The van der Waals surface area contributed by atoms with E-state index in [2.05, 4.69) is 27.5 Å². The van der Waals surface area contributed by atoms with Crippen LogP contribution in [0.25, 0.3) is 11.3 Å². The van der Waals surface area contributed by atoms with Crippen LogP contribution in [-0.2, 0) is 10.3 Å². The Morgan fingerprint density at radius 1 is 1.07 bits per heavy atom. The number of rotatable bonds is 6. The quantitative estimate of drug-likeness (QED) is 0.243. The van der Waals surface area contributed by atoms with Gasteiger partial charge in [-0.05, 0) is 100 Å². The van der Waals surface area contributed by atoms with Crippen LogP contribution < -0.4 is 16.4 Å². The second-order valence-electron chi connectivity index (χ2n) is 13.2. The number of aliphatic hydroxyl groups is 1. The van der Waals surface area contributed by atoms with Crippen molar-refractivity contribution < 1.29 is 32.6 Å². The van der Waals surface area contributed by atoms with E-state index in [1.807, 2.05) is 0 Å². The number of carbonyl (C=O) groups excluding carboxylic acids is 2. The van der Waals surface area contributed by atoms with Crippen molar-refractivity contribution in [2.24, 2.45) is 5.92 Å². The van der Waals surface area contributed by atoms with Crippen LogP contribution in [0.3, 0.4) is 0 Å². The molecule has 2 aromatic heterocycles. The molecule has 0 unspecified atom stereocenters. The van der Waals surface area contributed by atoms with E-state index in [-0.39, 0.29) is 29.1 Å². The van der Waals surface area contributed by atoms with Crippen LogP contribution in [0.4, 0.5) is 29.3 Å². The molecule has 2 aliphatic carbocycles. The second-order valence-corrected chi connectivity index (χ2v) is 13.2. The van der Waals surface area contributed by atoms with E-state index in [9.17, 15) is 14.7 Å². The summed E-state index contributed by atoms with van der Waals surface area (Å²) in [7, 11) is 0. The Morgan fingerprint density at radius 2 is 1.76 bits per heavy atom. The van der Waals surface area contributed by atoms with E-state index < -0.39 is 57.6 Å². The Morgan fingerprint density at radius 3 is 2.38 bits per heavy atom. The smallest absolute Gasteiger partial charge is 0.407 e. The van der Waals surface area contributed by atoms with Gasteiger partial charge in [-0.3, -0.25) is 9.78 Å². The van der Waals surface area contributed by atoms with E-state index in [1.165, 1.54) is 6.20 Å². The number of nitrogens with zero attached hydrogens (tertiary/aromatic N) is 2. The molecule has 45 heavy (non-hydrogen) atoms. The van der Waals surface area contributed by atoms with Gasteiger partial charge in [0.15, 0.2) is 11.5 Å². The van der Waals surface area contributed by atoms with Gasteiger partial charge in [0, 0.05) is 18.3 Å². The largest absolute Gasteiger partial charge is 0.444 e. The average molecular weight is 626 g/mol. The third kappa shape index (κ3) is 7.06. The zero-order valence-corrected chi connectivity index (χ0v) is 25.7.